The third-order valence-electron chi connectivity index (χ3n) is 10.6. The van der Waals surface area contributed by atoms with Gasteiger partial charge in [0.2, 0.25) is 0 Å². The molecular weight excluding hydrogens is 898 g/mol. The lowest BCUT2D eigenvalue weighted by atomic mass is 9.85. The number of rotatable bonds is 39. The number of ether oxygens (including phenoxy) is 2. The number of phosphoric acid groups is 2. The Kier molecular flexibility index (Phi) is 35.1. The number of phosphoric ester groups is 2. The molecule has 1 saturated carbocycles. The van der Waals surface area contributed by atoms with Gasteiger partial charge in [0, 0.05) is 12.8 Å². The van der Waals surface area contributed by atoms with E-state index in [1.54, 1.807) is 6.08 Å². The second kappa shape index (κ2) is 37.5. The fourth-order valence-corrected chi connectivity index (χ4v) is 8.40. The van der Waals surface area contributed by atoms with Gasteiger partial charge in [0.15, 0.2) is 6.10 Å². The van der Waals surface area contributed by atoms with Gasteiger partial charge in [0.25, 0.3) is 0 Å². The highest BCUT2D eigenvalue weighted by atomic mass is 31.2. The van der Waals surface area contributed by atoms with Crippen molar-refractivity contribution in [3.8, 4) is 0 Å². The van der Waals surface area contributed by atoms with Crippen LogP contribution < -0.4 is 0 Å². The number of carbonyl (C=O) groups is 2. The number of hydrogen-bond donors (Lipinski definition) is 8. The fourth-order valence-electron chi connectivity index (χ4n) is 6.86. The third-order valence-corrected chi connectivity index (χ3v) is 12.1. The summed E-state index contributed by atoms with van der Waals surface area (Å²) in [5, 5.41) is 51.3. The first-order valence-electron chi connectivity index (χ1n) is 23.9. The summed E-state index contributed by atoms with van der Waals surface area (Å²) in [7, 11) is -10.7. The predicted molar refractivity (Wildman–Crippen MR) is 252 cm³/mol. The number of allylic oxidation sites excluding steroid dienone is 8. The van der Waals surface area contributed by atoms with Crippen LogP contribution in [0.5, 0.6) is 0 Å². The van der Waals surface area contributed by atoms with Crippen molar-refractivity contribution >= 4 is 27.6 Å². The van der Waals surface area contributed by atoms with Crippen LogP contribution in [0.1, 0.15) is 162 Å². The maximum atomic E-state index is 13.0. The summed E-state index contributed by atoms with van der Waals surface area (Å²) in [4.78, 5) is 54.3. The molecule has 0 spiro atoms. The molecule has 0 aliphatic heterocycles. The quantitative estimate of drug-likeness (QED) is 0.00951. The highest BCUT2D eigenvalue weighted by Gasteiger charge is 2.54. The molecule has 0 aromatic carbocycles. The topological polar surface area (TPSA) is 276 Å². The molecule has 66 heavy (non-hydrogen) atoms. The van der Waals surface area contributed by atoms with Crippen molar-refractivity contribution in [2.24, 2.45) is 0 Å². The second-order valence-electron chi connectivity index (χ2n) is 16.7. The van der Waals surface area contributed by atoms with E-state index in [1.165, 1.54) is 51.4 Å². The van der Waals surface area contributed by atoms with E-state index in [-0.39, 0.29) is 12.8 Å². The summed E-state index contributed by atoms with van der Waals surface area (Å²) in [6, 6.07) is 0. The Morgan fingerprint density at radius 2 is 1.08 bits per heavy atom. The zero-order valence-corrected chi connectivity index (χ0v) is 41.0. The minimum absolute atomic E-state index is 0.00723. The molecule has 1 fully saturated rings. The summed E-state index contributed by atoms with van der Waals surface area (Å²) in [5.41, 5.74) is 0. The van der Waals surface area contributed by atoms with Gasteiger partial charge in [0.1, 0.15) is 43.2 Å². The molecule has 17 nitrogen and oxygen atoms in total. The standard InChI is InChI=1S/C47H82O17P2/c1-3-5-7-9-11-12-13-14-15-16-17-18-22-27-31-35-41(50)62-39(37-61-66(58,59)64-47-44(53)42(51)43(52)46(45(47)54)63-65(55,56)57)36-60-40(49)34-30-26-23-19-21-25-29-33-38(48)32-28-24-20-10-8-6-4-2/h14-15,19-20,23-25,28-29,32,38-39,42-48,51-54H,3-13,16-18,21-22,26-27,30-31,33-37H2,1-2H3,(H,58,59)(H2,55,56,57)/b15-14-,23-19+,24-20-,29-25-,32-28-/t38-,39-,42?,43?,44?,45?,46-,47+/m1/s1. The molecule has 8 N–H and O–H groups in total. The van der Waals surface area contributed by atoms with Crippen LogP contribution in [-0.4, -0.2) is 114 Å². The number of carbonyl (C=O) groups excluding carboxylic acids is 2. The molecule has 0 saturated heterocycles. The zero-order valence-electron chi connectivity index (χ0n) is 39.2. The molecule has 19 heteroatoms. The molecular formula is C47H82O17P2. The van der Waals surface area contributed by atoms with Crippen LogP contribution in [0.25, 0.3) is 0 Å². The third kappa shape index (κ3) is 31.7. The van der Waals surface area contributed by atoms with Gasteiger partial charge in [-0.05, 0) is 70.6 Å². The molecule has 0 heterocycles. The van der Waals surface area contributed by atoms with E-state index in [1.807, 2.05) is 36.5 Å². The fraction of sp³-hybridized carbons (Fsp3) is 0.745. The monoisotopic (exact) mass is 981 g/mol. The SMILES string of the molecule is CCCCC/C=C\C=C/[C@@H](O)C/C=C\C/C=C/CCCC(=O)OC[C@H](COP(=O)(O)O[C@H]1C(O)C(O)C(O)[C@@H](OP(=O)(O)O)C1O)OC(=O)CCCCCCC/C=C\CCCCCCCC. The largest absolute Gasteiger partial charge is 0.472 e. The Labute approximate surface area is 392 Å². The molecule has 0 bridgehead atoms. The van der Waals surface area contributed by atoms with Crippen molar-refractivity contribution in [2.45, 2.75) is 210 Å². The Morgan fingerprint density at radius 1 is 0.561 bits per heavy atom. The second-order valence-corrected chi connectivity index (χ2v) is 19.3. The van der Waals surface area contributed by atoms with Gasteiger partial charge >= 0.3 is 27.6 Å². The predicted octanol–water partition coefficient (Wildman–Crippen LogP) is 8.03. The number of esters is 2. The van der Waals surface area contributed by atoms with E-state index in [2.05, 4.69) is 36.6 Å². The lowest BCUT2D eigenvalue weighted by Gasteiger charge is -2.43. The molecule has 1 rings (SSSR count). The van der Waals surface area contributed by atoms with Crippen LogP contribution in [0, 0.1) is 0 Å². The minimum Gasteiger partial charge on any atom is -0.462 e. The van der Waals surface area contributed by atoms with Crippen molar-refractivity contribution in [1.82, 2.24) is 0 Å². The number of aliphatic hydroxyl groups excluding tert-OH is 5. The van der Waals surface area contributed by atoms with Crippen LogP contribution in [0.15, 0.2) is 60.8 Å². The molecule has 0 aromatic rings. The molecule has 9 atom stereocenters. The molecule has 0 amide bonds. The van der Waals surface area contributed by atoms with E-state index in [0.29, 0.717) is 32.1 Å². The van der Waals surface area contributed by atoms with Crippen LogP contribution in [0.3, 0.4) is 0 Å². The Hall–Kier alpha value is -2.34. The van der Waals surface area contributed by atoms with Gasteiger partial charge in [-0.25, -0.2) is 9.13 Å². The van der Waals surface area contributed by atoms with Crippen molar-refractivity contribution in [3.63, 3.8) is 0 Å². The molecule has 1 aliphatic rings. The Balaban J connectivity index is 2.66. The van der Waals surface area contributed by atoms with Gasteiger partial charge in [0.05, 0.1) is 12.7 Å². The first kappa shape index (κ1) is 61.7. The smallest absolute Gasteiger partial charge is 0.462 e. The van der Waals surface area contributed by atoms with Crippen molar-refractivity contribution in [3.05, 3.63) is 60.8 Å². The highest BCUT2D eigenvalue weighted by Crippen LogP contribution is 2.49. The van der Waals surface area contributed by atoms with Gasteiger partial charge in [-0.2, -0.15) is 0 Å². The average Bonchev–Trinajstić information content (AvgIpc) is 3.27. The molecule has 382 valence electrons. The summed E-state index contributed by atoms with van der Waals surface area (Å²) < 4.78 is 49.3. The van der Waals surface area contributed by atoms with E-state index in [9.17, 15) is 58.9 Å². The van der Waals surface area contributed by atoms with E-state index in [0.717, 1.165) is 51.4 Å². The lowest BCUT2D eigenvalue weighted by Crippen LogP contribution is -2.64. The van der Waals surface area contributed by atoms with Crippen molar-refractivity contribution in [2.75, 3.05) is 13.2 Å². The van der Waals surface area contributed by atoms with Crippen LogP contribution in [-0.2, 0) is 41.8 Å². The zero-order chi connectivity index (χ0) is 49.1. The van der Waals surface area contributed by atoms with E-state index >= 15 is 0 Å². The van der Waals surface area contributed by atoms with Gasteiger partial charge in [-0.1, -0.05) is 139 Å². The lowest BCUT2D eigenvalue weighted by molar-refractivity contribution is -0.216. The Bertz CT molecular complexity index is 1530. The molecule has 5 unspecified atom stereocenters. The van der Waals surface area contributed by atoms with Gasteiger partial charge in [-0.3, -0.25) is 23.2 Å². The number of unbranched alkanes of at least 4 members (excludes halogenated alkanes) is 15. The van der Waals surface area contributed by atoms with Crippen LogP contribution in [0.4, 0.5) is 0 Å². The van der Waals surface area contributed by atoms with Gasteiger partial charge in [-0.15, -0.1) is 0 Å². The van der Waals surface area contributed by atoms with Crippen molar-refractivity contribution in [1.29, 1.82) is 0 Å². The van der Waals surface area contributed by atoms with E-state index in [4.69, 9.17) is 18.5 Å². The maximum Gasteiger partial charge on any atom is 0.472 e. The summed E-state index contributed by atoms with van der Waals surface area (Å²) in [5.74, 6) is -1.32. The van der Waals surface area contributed by atoms with Crippen LogP contribution >= 0.6 is 15.6 Å². The molecule has 0 aromatic heterocycles. The normalized spacial score (nSPS) is 22.5. The summed E-state index contributed by atoms with van der Waals surface area (Å²) >= 11 is 0. The van der Waals surface area contributed by atoms with Crippen molar-refractivity contribution < 1.29 is 82.0 Å². The molecule has 0 radical (unpaired) electrons. The first-order chi connectivity index (χ1) is 31.5. The van der Waals surface area contributed by atoms with E-state index < -0.39 is 89.6 Å². The summed E-state index contributed by atoms with van der Waals surface area (Å²) in [6.07, 6.45) is 24.9. The van der Waals surface area contributed by atoms with Gasteiger partial charge < -0.3 is 49.7 Å². The van der Waals surface area contributed by atoms with Crippen LogP contribution in [0.2, 0.25) is 0 Å². The Morgan fingerprint density at radius 3 is 1.73 bits per heavy atom. The first-order valence-corrected chi connectivity index (χ1v) is 27.0. The highest BCUT2D eigenvalue weighted by molar-refractivity contribution is 7.47. The number of hydrogen-bond acceptors (Lipinski definition) is 14. The minimum atomic E-state index is -5.38. The average molecular weight is 981 g/mol. The molecule has 1 aliphatic carbocycles. The summed E-state index contributed by atoms with van der Waals surface area (Å²) in [6.45, 7) is 2.94. The maximum absolute atomic E-state index is 13.0. The number of aliphatic hydroxyl groups is 5.